The first-order valence-electron chi connectivity index (χ1n) is 7.12. The number of nitrogens with two attached hydrogens (primary N) is 1. The van der Waals surface area contributed by atoms with Crippen molar-refractivity contribution in [3.05, 3.63) is 23.6 Å². The normalized spacial score (nSPS) is 14.9. The predicted molar refractivity (Wildman–Crippen MR) is 78.6 cm³/mol. The summed E-state index contributed by atoms with van der Waals surface area (Å²) in [6.07, 6.45) is 7.32. The second-order valence-corrected chi connectivity index (χ2v) is 4.88. The second-order valence-electron chi connectivity index (χ2n) is 4.88. The van der Waals surface area contributed by atoms with Gasteiger partial charge in [-0.15, -0.1) is 0 Å². The smallest absolute Gasteiger partial charge is 0.276 e. The van der Waals surface area contributed by atoms with Crippen molar-refractivity contribution >= 4 is 11.7 Å². The topological polar surface area (TPSA) is 100 Å². The number of carbonyl (C=O) groups is 1. The SMILES string of the molecule is CN.O=C(NO)c1cnc(NCC2CCCCC2)c(F)c1. The van der Waals surface area contributed by atoms with Crippen LogP contribution >= 0.6 is 0 Å². The van der Waals surface area contributed by atoms with E-state index >= 15 is 0 Å². The minimum absolute atomic E-state index is 0.0109. The van der Waals surface area contributed by atoms with Crippen LogP contribution in [0.1, 0.15) is 42.5 Å². The number of hydrogen-bond donors (Lipinski definition) is 4. The molecule has 0 bridgehead atoms. The molecule has 118 valence electrons. The van der Waals surface area contributed by atoms with Gasteiger partial charge in [-0.3, -0.25) is 10.0 Å². The molecule has 0 unspecified atom stereocenters. The van der Waals surface area contributed by atoms with Crippen molar-refractivity contribution in [2.45, 2.75) is 32.1 Å². The number of aromatic nitrogens is 1. The quantitative estimate of drug-likeness (QED) is 0.502. The van der Waals surface area contributed by atoms with Gasteiger partial charge in [-0.25, -0.2) is 14.9 Å². The third-order valence-corrected chi connectivity index (χ3v) is 3.49. The van der Waals surface area contributed by atoms with Gasteiger partial charge in [0.15, 0.2) is 11.6 Å². The van der Waals surface area contributed by atoms with Crippen molar-refractivity contribution in [2.75, 3.05) is 18.9 Å². The van der Waals surface area contributed by atoms with E-state index in [1.165, 1.54) is 50.8 Å². The maximum atomic E-state index is 13.7. The van der Waals surface area contributed by atoms with Crippen LogP contribution in [0.15, 0.2) is 12.3 Å². The van der Waals surface area contributed by atoms with Gasteiger partial charge >= 0.3 is 0 Å². The van der Waals surface area contributed by atoms with Crippen LogP contribution in [0.5, 0.6) is 0 Å². The third kappa shape index (κ3) is 5.28. The Morgan fingerprint density at radius 1 is 1.43 bits per heavy atom. The summed E-state index contributed by atoms with van der Waals surface area (Å²) in [7, 11) is 1.50. The minimum Gasteiger partial charge on any atom is -0.367 e. The second kappa shape index (κ2) is 9.25. The Bertz CT molecular complexity index is 451. The van der Waals surface area contributed by atoms with Crippen LogP contribution in [0.2, 0.25) is 0 Å². The average molecular weight is 298 g/mol. The zero-order valence-corrected chi connectivity index (χ0v) is 12.2. The first-order valence-corrected chi connectivity index (χ1v) is 7.12. The number of nitrogens with zero attached hydrogens (tertiary/aromatic N) is 1. The van der Waals surface area contributed by atoms with Crippen LogP contribution in [-0.4, -0.2) is 29.7 Å². The molecule has 21 heavy (non-hydrogen) atoms. The molecule has 0 aliphatic heterocycles. The molecule has 1 aliphatic carbocycles. The summed E-state index contributed by atoms with van der Waals surface area (Å²) in [4.78, 5) is 15.0. The Hall–Kier alpha value is -1.73. The Labute approximate surface area is 123 Å². The molecule has 0 atom stereocenters. The van der Waals surface area contributed by atoms with Crippen LogP contribution in [0.3, 0.4) is 0 Å². The van der Waals surface area contributed by atoms with Crippen LogP contribution in [0.4, 0.5) is 10.2 Å². The van der Waals surface area contributed by atoms with Gasteiger partial charge < -0.3 is 11.1 Å². The lowest BCUT2D eigenvalue weighted by atomic mass is 9.89. The highest BCUT2D eigenvalue weighted by atomic mass is 19.1. The molecule has 0 aromatic carbocycles. The molecule has 1 aliphatic rings. The van der Waals surface area contributed by atoms with E-state index in [0.29, 0.717) is 12.5 Å². The number of nitrogens with one attached hydrogen (secondary N) is 2. The summed E-state index contributed by atoms with van der Waals surface area (Å²) in [5, 5.41) is 11.4. The highest BCUT2D eigenvalue weighted by Gasteiger charge is 2.15. The van der Waals surface area contributed by atoms with E-state index in [1.807, 2.05) is 0 Å². The largest absolute Gasteiger partial charge is 0.367 e. The molecule has 7 heteroatoms. The standard InChI is InChI=1S/C13H18FN3O2.CH5N/c14-11-6-10(13(18)17-19)8-16-12(11)15-7-9-4-2-1-3-5-9;1-2/h6,8-9,19H,1-5,7H2,(H,15,16)(H,17,18);2H2,1H3. The molecule has 1 saturated carbocycles. The lowest BCUT2D eigenvalue weighted by molar-refractivity contribution is 0.0705. The van der Waals surface area contributed by atoms with E-state index in [9.17, 15) is 9.18 Å². The Balaban J connectivity index is 0.00000106. The van der Waals surface area contributed by atoms with E-state index < -0.39 is 11.7 Å². The van der Waals surface area contributed by atoms with Gasteiger partial charge in [-0.2, -0.15) is 0 Å². The summed E-state index contributed by atoms with van der Waals surface area (Å²) in [5.74, 6) is -0.641. The fourth-order valence-electron chi connectivity index (χ4n) is 2.39. The number of anilines is 1. The molecule has 1 heterocycles. The first kappa shape index (κ1) is 17.3. The summed E-state index contributed by atoms with van der Waals surface area (Å²) in [6, 6.07) is 1.06. The summed E-state index contributed by atoms with van der Waals surface area (Å²) in [6.45, 7) is 0.704. The Morgan fingerprint density at radius 3 is 2.67 bits per heavy atom. The van der Waals surface area contributed by atoms with Crippen molar-refractivity contribution in [1.29, 1.82) is 0 Å². The van der Waals surface area contributed by atoms with E-state index in [1.54, 1.807) is 0 Å². The van der Waals surface area contributed by atoms with Gasteiger partial charge in [0, 0.05) is 12.7 Å². The molecule has 2 rings (SSSR count). The zero-order chi connectivity index (χ0) is 15.7. The van der Waals surface area contributed by atoms with Gasteiger partial charge in [0.1, 0.15) is 0 Å². The number of halogens is 1. The molecule has 6 nitrogen and oxygen atoms in total. The molecule has 5 N–H and O–H groups in total. The summed E-state index contributed by atoms with van der Waals surface area (Å²) >= 11 is 0. The maximum Gasteiger partial charge on any atom is 0.276 e. The Kier molecular flexibility index (Phi) is 7.63. The molecular formula is C14H23FN4O2. The van der Waals surface area contributed by atoms with Crippen molar-refractivity contribution < 1.29 is 14.4 Å². The van der Waals surface area contributed by atoms with Gasteiger partial charge in [-0.05, 0) is 31.9 Å². The van der Waals surface area contributed by atoms with Crippen molar-refractivity contribution in [3.8, 4) is 0 Å². The summed E-state index contributed by atoms with van der Waals surface area (Å²) in [5.41, 5.74) is 5.93. The van der Waals surface area contributed by atoms with E-state index in [-0.39, 0.29) is 11.4 Å². The molecule has 1 amide bonds. The lowest BCUT2D eigenvalue weighted by Crippen LogP contribution is -2.20. The van der Waals surface area contributed by atoms with Crippen molar-refractivity contribution in [3.63, 3.8) is 0 Å². The van der Waals surface area contributed by atoms with E-state index in [2.05, 4.69) is 16.0 Å². The van der Waals surface area contributed by atoms with E-state index in [4.69, 9.17) is 5.21 Å². The Morgan fingerprint density at radius 2 is 2.10 bits per heavy atom. The highest BCUT2D eigenvalue weighted by Crippen LogP contribution is 2.24. The van der Waals surface area contributed by atoms with Crippen LogP contribution < -0.4 is 16.5 Å². The molecule has 1 fully saturated rings. The number of carbonyl (C=O) groups excluding carboxylic acids is 1. The fourth-order valence-corrected chi connectivity index (χ4v) is 2.39. The molecule has 1 aromatic rings. The minimum atomic E-state index is -0.773. The first-order chi connectivity index (χ1) is 10.2. The van der Waals surface area contributed by atoms with Gasteiger partial charge in [0.05, 0.1) is 5.56 Å². The number of amides is 1. The van der Waals surface area contributed by atoms with Crippen molar-refractivity contribution in [2.24, 2.45) is 11.7 Å². The van der Waals surface area contributed by atoms with Gasteiger partial charge in [-0.1, -0.05) is 19.3 Å². The van der Waals surface area contributed by atoms with Crippen LogP contribution in [-0.2, 0) is 0 Å². The van der Waals surface area contributed by atoms with Crippen LogP contribution in [0.25, 0.3) is 0 Å². The number of pyridine rings is 1. The van der Waals surface area contributed by atoms with Crippen LogP contribution in [0, 0.1) is 11.7 Å². The molecule has 0 radical (unpaired) electrons. The lowest BCUT2D eigenvalue weighted by Gasteiger charge is -2.22. The third-order valence-electron chi connectivity index (χ3n) is 3.49. The monoisotopic (exact) mass is 298 g/mol. The fraction of sp³-hybridized carbons (Fsp3) is 0.571. The molecule has 1 aromatic heterocycles. The number of hydrogen-bond acceptors (Lipinski definition) is 5. The van der Waals surface area contributed by atoms with Gasteiger partial charge in [0.2, 0.25) is 0 Å². The van der Waals surface area contributed by atoms with Crippen molar-refractivity contribution in [1.82, 2.24) is 10.5 Å². The maximum absolute atomic E-state index is 13.7. The molecule has 0 spiro atoms. The van der Waals surface area contributed by atoms with Gasteiger partial charge in [0.25, 0.3) is 5.91 Å². The highest BCUT2D eigenvalue weighted by molar-refractivity contribution is 5.93. The average Bonchev–Trinajstić information content (AvgIpc) is 2.55. The summed E-state index contributed by atoms with van der Waals surface area (Å²) < 4.78 is 13.7. The zero-order valence-electron chi connectivity index (χ0n) is 12.2. The molecule has 0 saturated heterocycles. The number of hydroxylamine groups is 1. The predicted octanol–water partition coefficient (Wildman–Crippen LogP) is 1.91. The molecular weight excluding hydrogens is 275 g/mol. The number of rotatable bonds is 4. The van der Waals surface area contributed by atoms with E-state index in [0.717, 1.165) is 6.07 Å².